The van der Waals surface area contributed by atoms with Crippen LogP contribution in [0.25, 0.3) is 0 Å². The lowest BCUT2D eigenvalue weighted by atomic mass is 9.80. The molecule has 1 aliphatic rings. The number of esters is 1. The number of methoxy groups -OCH3 is 3. The summed E-state index contributed by atoms with van der Waals surface area (Å²) >= 11 is 0. The molecule has 8 heteroatoms. The lowest BCUT2D eigenvalue weighted by Gasteiger charge is -2.38. The van der Waals surface area contributed by atoms with Crippen molar-refractivity contribution in [2.24, 2.45) is 0 Å². The molecule has 43 heavy (non-hydrogen) atoms. The summed E-state index contributed by atoms with van der Waals surface area (Å²) < 4.78 is 22.6. The first kappa shape index (κ1) is 32.0. The number of hydrogen-bond acceptors (Lipinski definition) is 7. The van der Waals surface area contributed by atoms with Gasteiger partial charge >= 0.3 is 5.97 Å². The number of carbonyl (C=O) groups is 2. The summed E-state index contributed by atoms with van der Waals surface area (Å²) in [6, 6.07) is 25.4. The van der Waals surface area contributed by atoms with E-state index in [0.717, 1.165) is 53.9 Å². The van der Waals surface area contributed by atoms with E-state index < -0.39 is 11.7 Å². The summed E-state index contributed by atoms with van der Waals surface area (Å²) in [7, 11) is 4.67. The Labute approximate surface area is 254 Å². The largest absolute Gasteiger partial charge is 0.497 e. The van der Waals surface area contributed by atoms with Crippen molar-refractivity contribution in [3.8, 4) is 11.5 Å². The fourth-order valence-corrected chi connectivity index (χ4v) is 5.80. The molecule has 3 aromatic carbocycles. The number of aliphatic hydroxyl groups is 1. The van der Waals surface area contributed by atoms with E-state index in [0.29, 0.717) is 25.8 Å². The molecule has 0 spiro atoms. The Morgan fingerprint density at radius 2 is 1.30 bits per heavy atom. The third kappa shape index (κ3) is 7.94. The summed E-state index contributed by atoms with van der Waals surface area (Å²) in [6.45, 7) is 0.521. The van der Waals surface area contributed by atoms with E-state index in [9.17, 15) is 14.7 Å². The maximum absolute atomic E-state index is 13.3. The predicted molar refractivity (Wildman–Crippen MR) is 164 cm³/mol. The van der Waals surface area contributed by atoms with Crippen LogP contribution in [0.5, 0.6) is 11.5 Å². The van der Waals surface area contributed by atoms with Gasteiger partial charge in [-0.2, -0.15) is 0 Å². The number of benzene rings is 3. The number of unbranched alkanes of at least 4 members (excludes halogenated alkanes) is 3. The van der Waals surface area contributed by atoms with Crippen LogP contribution in [0.15, 0.2) is 78.9 Å². The van der Waals surface area contributed by atoms with Crippen LogP contribution in [0.1, 0.15) is 61.6 Å². The summed E-state index contributed by atoms with van der Waals surface area (Å²) in [4.78, 5) is 26.4. The molecule has 0 radical (unpaired) electrons. The molecule has 1 N–H and O–H groups in total. The minimum atomic E-state index is -0.998. The van der Waals surface area contributed by atoms with Gasteiger partial charge in [-0.05, 0) is 60.2 Å². The number of β-amino-alcohol motifs (C(OH)–C–C–N with tert-alkyl or cyclic N) is 1. The molecule has 1 amide bonds. The standard InChI is InChI=1S/C35H43NO7/c1-40-31-19-15-27(16-20-31)35(26-11-7-6-8-12-26,28-17-21-32(41-2)22-18-28)43-25-29-23-30(37)24-36(29)33(38)13-9-4-5-10-14-34(39)42-3/h6-8,11-12,15-22,29-30,37H,4-5,9-10,13-14,23-25H2,1-3H3. The fraction of sp³-hybridized carbons (Fsp3) is 0.429. The average molecular weight is 590 g/mol. The van der Waals surface area contributed by atoms with Crippen LogP contribution in [0.3, 0.4) is 0 Å². The fourth-order valence-electron chi connectivity index (χ4n) is 5.80. The molecule has 0 bridgehead atoms. The Kier molecular flexibility index (Phi) is 11.6. The van der Waals surface area contributed by atoms with Crippen molar-refractivity contribution in [3.05, 3.63) is 95.6 Å². The molecule has 3 aromatic rings. The number of amides is 1. The lowest BCUT2D eigenvalue weighted by molar-refractivity contribution is -0.140. The van der Waals surface area contributed by atoms with Crippen LogP contribution in [0.4, 0.5) is 0 Å². The second-order valence-electron chi connectivity index (χ2n) is 10.9. The van der Waals surface area contributed by atoms with Gasteiger partial charge in [0, 0.05) is 19.4 Å². The van der Waals surface area contributed by atoms with Crippen molar-refractivity contribution in [1.82, 2.24) is 4.90 Å². The van der Waals surface area contributed by atoms with Crippen molar-refractivity contribution in [2.45, 2.75) is 62.7 Å². The lowest BCUT2D eigenvalue weighted by Crippen LogP contribution is -2.42. The predicted octanol–water partition coefficient (Wildman–Crippen LogP) is 5.49. The molecule has 1 aliphatic heterocycles. The third-order valence-corrected chi connectivity index (χ3v) is 8.13. The van der Waals surface area contributed by atoms with Gasteiger partial charge in [0.2, 0.25) is 5.91 Å². The van der Waals surface area contributed by atoms with Crippen LogP contribution in [-0.2, 0) is 24.7 Å². The normalized spacial score (nSPS) is 16.6. The van der Waals surface area contributed by atoms with Crippen molar-refractivity contribution < 1.29 is 33.6 Å². The van der Waals surface area contributed by atoms with E-state index in [-0.39, 0.29) is 24.5 Å². The zero-order valence-electron chi connectivity index (χ0n) is 25.4. The number of rotatable bonds is 15. The smallest absolute Gasteiger partial charge is 0.305 e. The second kappa shape index (κ2) is 15.5. The zero-order valence-corrected chi connectivity index (χ0v) is 25.4. The van der Waals surface area contributed by atoms with E-state index in [1.807, 2.05) is 78.9 Å². The average Bonchev–Trinajstić information content (AvgIpc) is 3.44. The van der Waals surface area contributed by atoms with Gasteiger partial charge in [-0.3, -0.25) is 9.59 Å². The van der Waals surface area contributed by atoms with E-state index >= 15 is 0 Å². The van der Waals surface area contributed by atoms with Crippen molar-refractivity contribution in [2.75, 3.05) is 34.5 Å². The highest BCUT2D eigenvalue weighted by molar-refractivity contribution is 5.77. The van der Waals surface area contributed by atoms with E-state index in [4.69, 9.17) is 18.9 Å². The van der Waals surface area contributed by atoms with Crippen LogP contribution >= 0.6 is 0 Å². The molecule has 2 unspecified atom stereocenters. The summed E-state index contributed by atoms with van der Waals surface area (Å²) in [5.74, 6) is 1.28. The first-order valence-electron chi connectivity index (χ1n) is 14.9. The number of carbonyl (C=O) groups excluding carboxylic acids is 2. The Morgan fingerprint density at radius 1 is 0.767 bits per heavy atom. The molecule has 0 aromatic heterocycles. The zero-order chi connectivity index (χ0) is 30.7. The highest BCUT2D eigenvalue weighted by atomic mass is 16.5. The Hall–Kier alpha value is -3.88. The molecule has 230 valence electrons. The van der Waals surface area contributed by atoms with Gasteiger partial charge in [-0.25, -0.2) is 0 Å². The van der Waals surface area contributed by atoms with Gasteiger partial charge in [0.25, 0.3) is 0 Å². The second-order valence-corrected chi connectivity index (χ2v) is 10.9. The minimum Gasteiger partial charge on any atom is -0.497 e. The molecule has 1 heterocycles. The molecule has 8 nitrogen and oxygen atoms in total. The SMILES string of the molecule is COC(=O)CCCCCCC(=O)N1CC(O)CC1COC(c1ccccc1)(c1ccc(OC)cc1)c1ccc(OC)cc1. The Morgan fingerprint density at radius 3 is 1.84 bits per heavy atom. The number of hydrogen-bond donors (Lipinski definition) is 1. The van der Waals surface area contributed by atoms with Crippen molar-refractivity contribution >= 4 is 11.9 Å². The third-order valence-electron chi connectivity index (χ3n) is 8.13. The number of likely N-dealkylation sites (tertiary alicyclic amines) is 1. The van der Waals surface area contributed by atoms with Gasteiger partial charge in [0.1, 0.15) is 17.1 Å². The maximum Gasteiger partial charge on any atom is 0.305 e. The molecule has 1 saturated heterocycles. The number of aliphatic hydroxyl groups excluding tert-OH is 1. The van der Waals surface area contributed by atoms with E-state index in [2.05, 4.69) is 0 Å². The molecule has 2 atom stereocenters. The Balaban J connectivity index is 1.57. The first-order valence-corrected chi connectivity index (χ1v) is 14.9. The van der Waals surface area contributed by atoms with E-state index in [1.165, 1.54) is 7.11 Å². The first-order chi connectivity index (χ1) is 20.9. The van der Waals surface area contributed by atoms with Gasteiger partial charge in [0.15, 0.2) is 0 Å². The van der Waals surface area contributed by atoms with Gasteiger partial charge in [-0.1, -0.05) is 67.4 Å². The molecular formula is C35H43NO7. The molecule has 0 saturated carbocycles. The highest BCUT2D eigenvalue weighted by Crippen LogP contribution is 2.42. The summed E-state index contributed by atoms with van der Waals surface area (Å²) in [5.41, 5.74) is 1.76. The maximum atomic E-state index is 13.3. The van der Waals surface area contributed by atoms with Crippen LogP contribution in [0.2, 0.25) is 0 Å². The van der Waals surface area contributed by atoms with Gasteiger partial charge in [-0.15, -0.1) is 0 Å². The van der Waals surface area contributed by atoms with Crippen LogP contribution < -0.4 is 9.47 Å². The summed E-state index contributed by atoms with van der Waals surface area (Å²) in [6.07, 6.45) is 3.82. The van der Waals surface area contributed by atoms with Crippen molar-refractivity contribution in [3.63, 3.8) is 0 Å². The molecule has 1 fully saturated rings. The van der Waals surface area contributed by atoms with Crippen molar-refractivity contribution in [1.29, 1.82) is 0 Å². The molecule has 0 aliphatic carbocycles. The van der Waals surface area contributed by atoms with E-state index in [1.54, 1.807) is 19.1 Å². The summed E-state index contributed by atoms with van der Waals surface area (Å²) in [5, 5.41) is 10.6. The molecular weight excluding hydrogens is 546 g/mol. The number of ether oxygens (including phenoxy) is 4. The van der Waals surface area contributed by atoms with Gasteiger partial charge < -0.3 is 29.0 Å². The topological polar surface area (TPSA) is 94.5 Å². The molecule has 4 rings (SSSR count). The highest BCUT2D eigenvalue weighted by Gasteiger charge is 2.41. The van der Waals surface area contributed by atoms with Crippen LogP contribution in [0, 0.1) is 0 Å². The van der Waals surface area contributed by atoms with Gasteiger partial charge in [0.05, 0.1) is 40.1 Å². The minimum absolute atomic E-state index is 0.0114. The quantitative estimate of drug-likeness (QED) is 0.142. The monoisotopic (exact) mass is 589 g/mol. The Bertz CT molecular complexity index is 1250. The van der Waals surface area contributed by atoms with Crippen LogP contribution in [-0.4, -0.2) is 68.5 Å². The number of nitrogens with zero attached hydrogens (tertiary/aromatic N) is 1.